The fourth-order valence-corrected chi connectivity index (χ4v) is 2.78. The van der Waals surface area contributed by atoms with Crippen molar-refractivity contribution in [1.29, 1.82) is 0 Å². The molecule has 0 aliphatic carbocycles. The van der Waals surface area contributed by atoms with Gasteiger partial charge in [0.05, 0.1) is 18.8 Å². The highest BCUT2D eigenvalue weighted by Gasteiger charge is 2.32. The van der Waals surface area contributed by atoms with E-state index in [1.54, 1.807) is 0 Å². The molecule has 0 aliphatic rings. The molecule has 0 aliphatic heterocycles. The van der Waals surface area contributed by atoms with Crippen LogP contribution in [0, 0.1) is 0 Å². The zero-order valence-electron chi connectivity index (χ0n) is 15.8. The molecule has 0 fully saturated rings. The summed E-state index contributed by atoms with van der Waals surface area (Å²) in [6.07, 6.45) is -2.62. The standard InChI is InChI=1S/C21H27F3N2O2/c22-21(23,24)20-9-8-17(14-18(20)16-27)15-25-10-4-5-12-28-13-11-26-19-6-2-1-3-7-19/h1-3,6-9,14,25-27H,4-5,10-13,15-16H2. The molecule has 0 aromatic heterocycles. The van der Waals surface area contributed by atoms with Crippen LogP contribution < -0.4 is 10.6 Å². The monoisotopic (exact) mass is 396 g/mol. The van der Waals surface area contributed by atoms with Gasteiger partial charge in [0.15, 0.2) is 0 Å². The van der Waals surface area contributed by atoms with Crippen molar-refractivity contribution in [3.63, 3.8) is 0 Å². The predicted octanol–water partition coefficient (Wildman–Crippen LogP) is 4.20. The van der Waals surface area contributed by atoms with Crippen molar-refractivity contribution in [3.05, 3.63) is 65.2 Å². The van der Waals surface area contributed by atoms with Crippen LogP contribution in [0.3, 0.4) is 0 Å². The number of aliphatic hydroxyl groups is 1. The lowest BCUT2D eigenvalue weighted by molar-refractivity contribution is -0.138. The number of halogens is 3. The van der Waals surface area contributed by atoms with Gasteiger partial charge in [-0.15, -0.1) is 0 Å². The molecule has 7 heteroatoms. The highest BCUT2D eigenvalue weighted by molar-refractivity contribution is 5.42. The molecule has 0 amide bonds. The van der Waals surface area contributed by atoms with Crippen molar-refractivity contribution in [2.45, 2.75) is 32.2 Å². The fraction of sp³-hybridized carbons (Fsp3) is 0.429. The molecule has 0 radical (unpaired) electrons. The fourth-order valence-electron chi connectivity index (χ4n) is 2.78. The van der Waals surface area contributed by atoms with Crippen LogP contribution in [0.4, 0.5) is 18.9 Å². The second-order valence-electron chi connectivity index (χ2n) is 6.44. The molecule has 0 unspecified atom stereocenters. The molecule has 2 aromatic rings. The Morgan fingerprint density at radius 2 is 1.71 bits per heavy atom. The van der Waals surface area contributed by atoms with Gasteiger partial charge in [0.25, 0.3) is 0 Å². The number of aliphatic hydroxyl groups excluding tert-OH is 1. The molecule has 154 valence electrons. The van der Waals surface area contributed by atoms with Crippen LogP contribution >= 0.6 is 0 Å². The van der Waals surface area contributed by atoms with Crippen molar-refractivity contribution < 1.29 is 23.0 Å². The first-order valence-corrected chi connectivity index (χ1v) is 9.38. The van der Waals surface area contributed by atoms with Crippen molar-refractivity contribution >= 4 is 5.69 Å². The lowest BCUT2D eigenvalue weighted by Crippen LogP contribution is -2.17. The van der Waals surface area contributed by atoms with Gasteiger partial charge in [0.1, 0.15) is 0 Å². The summed E-state index contributed by atoms with van der Waals surface area (Å²) >= 11 is 0. The Bertz CT molecular complexity index is 694. The zero-order valence-corrected chi connectivity index (χ0v) is 15.8. The summed E-state index contributed by atoms with van der Waals surface area (Å²) in [5.41, 5.74) is 0.921. The predicted molar refractivity (Wildman–Crippen MR) is 104 cm³/mol. The molecule has 3 N–H and O–H groups in total. The summed E-state index contributed by atoms with van der Waals surface area (Å²) in [6.45, 7) is 2.65. The topological polar surface area (TPSA) is 53.5 Å². The Balaban J connectivity index is 1.53. The van der Waals surface area contributed by atoms with Crippen LogP contribution in [0.5, 0.6) is 0 Å². The largest absolute Gasteiger partial charge is 0.416 e. The highest BCUT2D eigenvalue weighted by atomic mass is 19.4. The molecule has 0 atom stereocenters. The maximum absolute atomic E-state index is 12.8. The first-order valence-electron chi connectivity index (χ1n) is 9.38. The Kier molecular flexibility index (Phi) is 9.27. The summed E-state index contributed by atoms with van der Waals surface area (Å²) in [5, 5.41) is 15.6. The molecule has 2 aromatic carbocycles. The second kappa shape index (κ2) is 11.7. The Labute approximate surface area is 163 Å². The van der Waals surface area contributed by atoms with Crippen LogP contribution in [0.25, 0.3) is 0 Å². The van der Waals surface area contributed by atoms with E-state index in [9.17, 15) is 13.2 Å². The molecular formula is C21H27F3N2O2. The molecule has 0 saturated heterocycles. The molecular weight excluding hydrogens is 369 g/mol. The number of nitrogens with one attached hydrogen (secondary N) is 2. The first-order chi connectivity index (χ1) is 13.5. The summed E-state index contributed by atoms with van der Waals surface area (Å²) in [6, 6.07) is 13.8. The van der Waals surface area contributed by atoms with E-state index in [4.69, 9.17) is 9.84 Å². The van der Waals surface area contributed by atoms with Crippen LogP contribution in [-0.4, -0.2) is 31.4 Å². The van der Waals surface area contributed by atoms with Crippen molar-refractivity contribution in [2.24, 2.45) is 0 Å². The average Bonchev–Trinajstić information content (AvgIpc) is 2.69. The van der Waals surface area contributed by atoms with Crippen molar-refractivity contribution in [2.75, 3.05) is 31.6 Å². The van der Waals surface area contributed by atoms with Crippen LogP contribution in [0.2, 0.25) is 0 Å². The number of ether oxygens (including phenoxy) is 1. The van der Waals surface area contributed by atoms with Gasteiger partial charge >= 0.3 is 6.18 Å². The van der Waals surface area contributed by atoms with Crippen molar-refractivity contribution in [3.8, 4) is 0 Å². The maximum Gasteiger partial charge on any atom is 0.416 e. The van der Waals surface area contributed by atoms with Gasteiger partial charge in [-0.05, 0) is 48.7 Å². The summed E-state index contributed by atoms with van der Waals surface area (Å²) in [5.74, 6) is 0. The van der Waals surface area contributed by atoms with Gasteiger partial charge in [-0.25, -0.2) is 0 Å². The van der Waals surface area contributed by atoms with Gasteiger partial charge < -0.3 is 20.5 Å². The number of hydrogen-bond donors (Lipinski definition) is 3. The van der Waals surface area contributed by atoms with E-state index in [1.807, 2.05) is 30.3 Å². The Hall–Kier alpha value is -2.09. The lowest BCUT2D eigenvalue weighted by atomic mass is 10.0. The molecule has 2 rings (SSSR count). The average molecular weight is 396 g/mol. The minimum absolute atomic E-state index is 0.0932. The molecule has 0 saturated carbocycles. The summed E-state index contributed by atoms with van der Waals surface area (Å²) in [4.78, 5) is 0. The number of alkyl halides is 3. The third-order valence-corrected chi connectivity index (χ3v) is 4.22. The van der Waals surface area contributed by atoms with Crippen molar-refractivity contribution in [1.82, 2.24) is 5.32 Å². The number of hydrogen-bond acceptors (Lipinski definition) is 4. The molecule has 0 bridgehead atoms. The second-order valence-corrected chi connectivity index (χ2v) is 6.44. The SMILES string of the molecule is OCc1cc(CNCCCCOCCNc2ccccc2)ccc1C(F)(F)F. The van der Waals surface area contributed by atoms with Gasteiger partial charge in [0.2, 0.25) is 0 Å². The van der Waals surface area contributed by atoms with E-state index in [0.29, 0.717) is 19.8 Å². The minimum atomic E-state index is -4.44. The van der Waals surface area contributed by atoms with Crippen LogP contribution in [0.15, 0.2) is 48.5 Å². The van der Waals surface area contributed by atoms with Crippen LogP contribution in [-0.2, 0) is 24.1 Å². The maximum atomic E-state index is 12.8. The quantitative estimate of drug-likeness (QED) is 0.471. The smallest absolute Gasteiger partial charge is 0.392 e. The number of para-hydroxylation sites is 1. The summed E-state index contributed by atoms with van der Waals surface area (Å²) in [7, 11) is 0. The third-order valence-electron chi connectivity index (χ3n) is 4.22. The van der Waals surface area contributed by atoms with E-state index in [1.165, 1.54) is 12.1 Å². The van der Waals surface area contributed by atoms with E-state index >= 15 is 0 Å². The highest BCUT2D eigenvalue weighted by Crippen LogP contribution is 2.32. The minimum Gasteiger partial charge on any atom is -0.392 e. The molecule has 28 heavy (non-hydrogen) atoms. The number of rotatable bonds is 12. The van der Waals surface area contributed by atoms with Gasteiger partial charge in [0, 0.05) is 25.4 Å². The van der Waals surface area contributed by atoms with Gasteiger partial charge in [-0.2, -0.15) is 13.2 Å². The molecule has 4 nitrogen and oxygen atoms in total. The van der Waals surface area contributed by atoms with E-state index < -0.39 is 18.3 Å². The Morgan fingerprint density at radius 3 is 2.43 bits per heavy atom. The number of benzene rings is 2. The summed E-state index contributed by atoms with van der Waals surface area (Å²) < 4.78 is 44.0. The number of anilines is 1. The number of unbranched alkanes of at least 4 members (excludes halogenated alkanes) is 1. The van der Waals surface area contributed by atoms with E-state index in [0.717, 1.165) is 43.2 Å². The third kappa shape index (κ3) is 7.88. The Morgan fingerprint density at radius 1 is 0.929 bits per heavy atom. The van der Waals surface area contributed by atoms with E-state index in [-0.39, 0.29) is 5.56 Å². The normalized spacial score (nSPS) is 11.6. The molecule has 0 heterocycles. The lowest BCUT2D eigenvalue weighted by Gasteiger charge is -2.13. The van der Waals surface area contributed by atoms with Gasteiger partial charge in [-0.1, -0.05) is 30.3 Å². The van der Waals surface area contributed by atoms with Crippen LogP contribution in [0.1, 0.15) is 29.5 Å². The zero-order chi connectivity index (χ0) is 20.2. The van der Waals surface area contributed by atoms with Gasteiger partial charge in [-0.3, -0.25) is 0 Å². The van der Waals surface area contributed by atoms with E-state index in [2.05, 4.69) is 10.6 Å². The molecule has 0 spiro atoms. The first kappa shape index (κ1) is 22.2.